The van der Waals surface area contributed by atoms with Crippen LogP contribution < -0.4 is 4.74 Å². The molecule has 2 nitrogen and oxygen atoms in total. The molecule has 0 atom stereocenters. The van der Waals surface area contributed by atoms with E-state index < -0.39 is 29.9 Å². The number of ether oxygens (including phenoxy) is 1. The molecule has 0 bridgehead atoms. The minimum Gasteiger partial charge on any atom is -0.405 e. The van der Waals surface area contributed by atoms with Crippen LogP contribution in [0.3, 0.4) is 0 Å². The van der Waals surface area contributed by atoms with Gasteiger partial charge in [-0.25, -0.2) is 8.78 Å². The summed E-state index contributed by atoms with van der Waals surface area (Å²) in [4.78, 5) is 10.9. The summed E-state index contributed by atoms with van der Waals surface area (Å²) in [6.45, 7) is 1.12. The summed E-state index contributed by atoms with van der Waals surface area (Å²) < 4.78 is 64.1. The number of benzene rings is 1. The molecule has 0 aliphatic rings. The normalized spacial score (nSPS) is 11.7. The molecule has 1 aromatic carbocycles. The average molecular weight is 254 g/mol. The van der Waals surface area contributed by atoms with E-state index >= 15 is 0 Å². The molecule has 7 heteroatoms. The lowest BCUT2D eigenvalue weighted by Gasteiger charge is -2.13. The Morgan fingerprint density at radius 1 is 1.29 bits per heavy atom. The van der Waals surface area contributed by atoms with Crippen LogP contribution in [0.25, 0.3) is 0 Å². The minimum atomic E-state index is -5.05. The van der Waals surface area contributed by atoms with E-state index in [1.165, 1.54) is 0 Å². The van der Waals surface area contributed by atoms with E-state index in [9.17, 15) is 26.7 Å². The zero-order valence-corrected chi connectivity index (χ0v) is 8.52. The van der Waals surface area contributed by atoms with E-state index in [-0.39, 0.29) is 5.56 Å². The van der Waals surface area contributed by atoms with Crippen LogP contribution in [0.4, 0.5) is 22.0 Å². The molecule has 0 heterocycles. The molecule has 1 aromatic rings. The Morgan fingerprint density at radius 2 is 1.88 bits per heavy atom. The van der Waals surface area contributed by atoms with E-state index in [4.69, 9.17) is 0 Å². The number of hydrogen-bond donors (Lipinski definition) is 0. The van der Waals surface area contributed by atoms with Gasteiger partial charge in [0.15, 0.2) is 5.78 Å². The molecule has 0 aliphatic heterocycles. The second-order valence-electron chi connectivity index (χ2n) is 3.16. The van der Waals surface area contributed by atoms with Crippen molar-refractivity contribution in [3.8, 4) is 5.75 Å². The molecule has 0 radical (unpaired) electrons. The van der Waals surface area contributed by atoms with Crippen molar-refractivity contribution in [3.63, 3.8) is 0 Å². The zero-order valence-electron chi connectivity index (χ0n) is 8.52. The van der Waals surface area contributed by atoms with Crippen LogP contribution in [-0.4, -0.2) is 12.1 Å². The van der Waals surface area contributed by atoms with E-state index in [1.807, 2.05) is 0 Å². The second kappa shape index (κ2) is 4.68. The predicted octanol–water partition coefficient (Wildman–Crippen LogP) is 3.73. The SMILES string of the molecule is CC(=O)c1ccc(OC(F)(F)F)c(C(F)F)c1. The molecular weight excluding hydrogens is 247 g/mol. The summed E-state index contributed by atoms with van der Waals surface area (Å²) in [6, 6.07) is 2.38. The Morgan fingerprint density at radius 3 is 2.29 bits per heavy atom. The van der Waals surface area contributed by atoms with Crippen molar-refractivity contribution in [2.45, 2.75) is 19.7 Å². The lowest BCUT2D eigenvalue weighted by molar-refractivity contribution is -0.275. The van der Waals surface area contributed by atoms with Crippen LogP contribution in [0.15, 0.2) is 18.2 Å². The molecule has 0 unspecified atom stereocenters. The van der Waals surface area contributed by atoms with Crippen LogP contribution in [-0.2, 0) is 0 Å². The molecule has 0 N–H and O–H groups in total. The molecule has 94 valence electrons. The van der Waals surface area contributed by atoms with Crippen molar-refractivity contribution in [2.24, 2.45) is 0 Å². The second-order valence-corrected chi connectivity index (χ2v) is 3.16. The molecule has 17 heavy (non-hydrogen) atoms. The third kappa shape index (κ3) is 3.69. The molecule has 0 spiro atoms. The first-order valence-corrected chi connectivity index (χ1v) is 4.39. The molecular formula is C10H7F5O2. The van der Waals surface area contributed by atoms with Gasteiger partial charge >= 0.3 is 6.36 Å². The Hall–Kier alpha value is -1.66. The van der Waals surface area contributed by atoms with Gasteiger partial charge in [0.05, 0.1) is 5.56 Å². The third-order valence-corrected chi connectivity index (χ3v) is 1.88. The Labute approximate surface area is 93.0 Å². The first-order valence-electron chi connectivity index (χ1n) is 4.39. The van der Waals surface area contributed by atoms with Gasteiger partial charge in [-0.2, -0.15) is 0 Å². The van der Waals surface area contributed by atoms with Gasteiger partial charge in [-0.1, -0.05) is 0 Å². The topological polar surface area (TPSA) is 26.3 Å². The maximum absolute atomic E-state index is 12.5. The molecule has 1 rings (SSSR count). The number of ketones is 1. The highest BCUT2D eigenvalue weighted by molar-refractivity contribution is 5.94. The number of carbonyl (C=O) groups is 1. The fraction of sp³-hybridized carbons (Fsp3) is 0.300. The van der Waals surface area contributed by atoms with Gasteiger partial charge in [0.25, 0.3) is 6.43 Å². The monoisotopic (exact) mass is 254 g/mol. The summed E-state index contributed by atoms with van der Waals surface area (Å²) >= 11 is 0. The first-order chi connectivity index (χ1) is 7.70. The van der Waals surface area contributed by atoms with Crippen LogP contribution in [0.2, 0.25) is 0 Å². The van der Waals surface area contributed by atoms with Crippen molar-refractivity contribution in [2.75, 3.05) is 0 Å². The van der Waals surface area contributed by atoms with Crippen LogP contribution in [0.1, 0.15) is 29.3 Å². The molecule has 0 aliphatic carbocycles. The van der Waals surface area contributed by atoms with Gasteiger partial charge in [0.1, 0.15) is 5.75 Å². The van der Waals surface area contributed by atoms with E-state index in [0.29, 0.717) is 12.1 Å². The molecule has 0 fully saturated rings. The van der Waals surface area contributed by atoms with Gasteiger partial charge in [-0.15, -0.1) is 13.2 Å². The van der Waals surface area contributed by atoms with Crippen LogP contribution in [0.5, 0.6) is 5.75 Å². The van der Waals surface area contributed by atoms with Crippen molar-refractivity contribution < 1.29 is 31.5 Å². The molecule has 0 saturated carbocycles. The van der Waals surface area contributed by atoms with E-state index in [1.54, 1.807) is 0 Å². The summed E-state index contributed by atoms with van der Waals surface area (Å²) in [5.41, 5.74) is -1.06. The summed E-state index contributed by atoms with van der Waals surface area (Å²) in [6.07, 6.45) is -8.21. The van der Waals surface area contributed by atoms with E-state index in [0.717, 1.165) is 13.0 Å². The van der Waals surface area contributed by atoms with Crippen molar-refractivity contribution in [3.05, 3.63) is 29.3 Å². The van der Waals surface area contributed by atoms with Crippen molar-refractivity contribution in [1.82, 2.24) is 0 Å². The fourth-order valence-electron chi connectivity index (χ4n) is 1.16. The maximum Gasteiger partial charge on any atom is 0.573 e. The first kappa shape index (κ1) is 13.4. The van der Waals surface area contributed by atoms with Gasteiger partial charge in [0.2, 0.25) is 0 Å². The fourth-order valence-corrected chi connectivity index (χ4v) is 1.16. The standard InChI is InChI=1S/C10H7F5O2/c1-5(16)6-2-3-8(17-10(13,14)15)7(4-6)9(11)12/h2-4,9H,1H3. The van der Waals surface area contributed by atoms with Gasteiger partial charge in [-0.3, -0.25) is 4.79 Å². The summed E-state index contributed by atoms with van der Waals surface area (Å²) in [5, 5.41) is 0. The third-order valence-electron chi connectivity index (χ3n) is 1.88. The predicted molar refractivity (Wildman–Crippen MR) is 48.1 cm³/mol. The quantitative estimate of drug-likeness (QED) is 0.607. The van der Waals surface area contributed by atoms with Gasteiger partial charge in [-0.05, 0) is 25.1 Å². The summed E-state index contributed by atoms with van der Waals surface area (Å²) in [5.74, 6) is -1.53. The number of Topliss-reactive ketones (excluding diaryl/α,β-unsaturated/α-hetero) is 1. The van der Waals surface area contributed by atoms with Crippen molar-refractivity contribution in [1.29, 1.82) is 0 Å². The number of rotatable bonds is 3. The highest BCUT2D eigenvalue weighted by Crippen LogP contribution is 2.33. The molecule has 0 saturated heterocycles. The average Bonchev–Trinajstić information content (AvgIpc) is 2.14. The van der Waals surface area contributed by atoms with Gasteiger partial charge in [0, 0.05) is 5.56 Å². The van der Waals surface area contributed by atoms with E-state index in [2.05, 4.69) is 4.74 Å². The number of carbonyl (C=O) groups excluding carboxylic acids is 1. The highest BCUT2D eigenvalue weighted by atomic mass is 19.4. The van der Waals surface area contributed by atoms with Crippen LogP contribution in [0, 0.1) is 0 Å². The summed E-state index contributed by atoms with van der Waals surface area (Å²) in [7, 11) is 0. The largest absolute Gasteiger partial charge is 0.573 e. The Kier molecular flexibility index (Phi) is 3.69. The lowest BCUT2D eigenvalue weighted by atomic mass is 10.1. The highest BCUT2D eigenvalue weighted by Gasteiger charge is 2.33. The number of alkyl halides is 5. The maximum atomic E-state index is 12.5. The Balaban J connectivity index is 3.18. The zero-order chi connectivity index (χ0) is 13.2. The lowest BCUT2D eigenvalue weighted by Crippen LogP contribution is -2.18. The number of halogens is 5. The smallest absolute Gasteiger partial charge is 0.405 e. The minimum absolute atomic E-state index is 0.102. The van der Waals surface area contributed by atoms with Crippen LogP contribution >= 0.6 is 0 Å². The van der Waals surface area contributed by atoms with Gasteiger partial charge < -0.3 is 4.74 Å². The Bertz CT molecular complexity index is 425. The molecule has 0 aromatic heterocycles. The molecule has 0 amide bonds. The number of hydrogen-bond acceptors (Lipinski definition) is 2. The van der Waals surface area contributed by atoms with Crippen molar-refractivity contribution >= 4 is 5.78 Å².